The van der Waals surface area contributed by atoms with Gasteiger partial charge in [0.05, 0.1) is 0 Å². The first-order valence-electron chi connectivity index (χ1n) is 4.56. The predicted molar refractivity (Wildman–Crippen MR) is 68.4 cm³/mol. The number of anilines is 2. The molecule has 2 amide bonds. The lowest BCUT2D eigenvalue weighted by Crippen LogP contribution is -2.19. The van der Waals surface area contributed by atoms with Crippen molar-refractivity contribution in [3.63, 3.8) is 0 Å². The van der Waals surface area contributed by atoms with Crippen LogP contribution in [-0.2, 0) is 0 Å². The summed E-state index contributed by atoms with van der Waals surface area (Å²) < 4.78 is 4.60. The van der Waals surface area contributed by atoms with Crippen molar-refractivity contribution >= 4 is 52.5 Å². The van der Waals surface area contributed by atoms with Gasteiger partial charge in [0.1, 0.15) is 0 Å². The summed E-state index contributed by atoms with van der Waals surface area (Å²) in [4.78, 5) is 15.1. The highest BCUT2D eigenvalue weighted by atomic mass is 35.5. The van der Waals surface area contributed by atoms with Crippen molar-refractivity contribution in [3.8, 4) is 0 Å². The smallest absolute Gasteiger partial charge is 0.314 e. The van der Waals surface area contributed by atoms with Crippen LogP contribution in [0, 0.1) is 0 Å². The number of carbonyl (C=O) groups excluding carboxylic acids is 1. The molecule has 0 saturated carbocycles. The van der Waals surface area contributed by atoms with Gasteiger partial charge in [0.15, 0.2) is 0 Å². The monoisotopic (exact) mass is 306 g/mol. The van der Waals surface area contributed by atoms with Gasteiger partial charge in [-0.1, -0.05) is 23.2 Å². The maximum atomic E-state index is 11.5. The second kappa shape index (κ2) is 5.43. The SMILES string of the molecule is O=C(Nc1cc(Cl)cc(Cl)c1)Nc1nc(Cl)no1. The minimum atomic E-state index is -0.589. The highest BCUT2D eigenvalue weighted by Crippen LogP contribution is 2.22. The molecule has 0 aliphatic heterocycles. The van der Waals surface area contributed by atoms with E-state index in [4.69, 9.17) is 34.8 Å². The lowest BCUT2D eigenvalue weighted by Gasteiger charge is -2.05. The lowest BCUT2D eigenvalue weighted by atomic mass is 10.3. The van der Waals surface area contributed by atoms with Crippen LogP contribution in [-0.4, -0.2) is 16.2 Å². The number of aromatic nitrogens is 2. The molecule has 0 fully saturated rings. The van der Waals surface area contributed by atoms with Crippen molar-refractivity contribution in [1.82, 2.24) is 10.1 Å². The number of hydrogen-bond acceptors (Lipinski definition) is 4. The molecule has 0 radical (unpaired) electrons. The molecule has 0 aliphatic carbocycles. The number of halogens is 3. The van der Waals surface area contributed by atoms with E-state index >= 15 is 0 Å². The van der Waals surface area contributed by atoms with Gasteiger partial charge < -0.3 is 9.84 Å². The maximum absolute atomic E-state index is 11.5. The maximum Gasteiger partial charge on any atom is 0.330 e. The van der Waals surface area contributed by atoms with Crippen LogP contribution in [0.2, 0.25) is 15.3 Å². The third kappa shape index (κ3) is 3.49. The number of nitrogens with zero attached hydrogens (tertiary/aromatic N) is 2. The fourth-order valence-electron chi connectivity index (χ4n) is 1.14. The van der Waals surface area contributed by atoms with Crippen LogP contribution in [0.15, 0.2) is 22.7 Å². The van der Waals surface area contributed by atoms with Gasteiger partial charge in [-0.3, -0.25) is 5.32 Å². The Morgan fingerprint density at radius 1 is 1.11 bits per heavy atom. The molecule has 1 aromatic carbocycles. The number of carbonyl (C=O) groups is 1. The molecule has 0 atom stereocenters. The Hall–Kier alpha value is -1.50. The van der Waals surface area contributed by atoms with Crippen LogP contribution in [0.4, 0.5) is 16.5 Å². The lowest BCUT2D eigenvalue weighted by molar-refractivity contribution is 0.261. The molecule has 1 aromatic heterocycles. The van der Waals surface area contributed by atoms with E-state index in [0.717, 1.165) is 0 Å². The average Bonchev–Trinajstić information content (AvgIpc) is 2.61. The summed E-state index contributed by atoms with van der Waals surface area (Å²) in [5.41, 5.74) is 0.426. The molecule has 0 spiro atoms. The van der Waals surface area contributed by atoms with Gasteiger partial charge in [0.25, 0.3) is 5.28 Å². The first kappa shape index (κ1) is 12.9. The van der Waals surface area contributed by atoms with E-state index in [2.05, 4.69) is 25.3 Å². The summed E-state index contributed by atoms with van der Waals surface area (Å²) in [6, 6.07) is 3.91. The minimum Gasteiger partial charge on any atom is -0.314 e. The predicted octanol–water partition coefficient (Wildman–Crippen LogP) is 3.67. The van der Waals surface area contributed by atoms with Gasteiger partial charge in [-0.25, -0.2) is 4.79 Å². The second-order valence-electron chi connectivity index (χ2n) is 3.11. The molecule has 94 valence electrons. The summed E-state index contributed by atoms with van der Waals surface area (Å²) >= 11 is 17.0. The Kier molecular flexibility index (Phi) is 3.90. The van der Waals surface area contributed by atoms with Crippen molar-refractivity contribution in [2.24, 2.45) is 0 Å². The zero-order valence-electron chi connectivity index (χ0n) is 8.58. The quantitative estimate of drug-likeness (QED) is 0.887. The number of hydrogen-bond donors (Lipinski definition) is 2. The molecular weight excluding hydrogens is 302 g/mol. The van der Waals surface area contributed by atoms with Gasteiger partial charge in [-0.05, 0) is 35.0 Å². The normalized spacial score (nSPS) is 10.2. The van der Waals surface area contributed by atoms with Crippen molar-refractivity contribution in [2.75, 3.05) is 10.6 Å². The Labute approximate surface area is 116 Å². The largest absolute Gasteiger partial charge is 0.330 e. The Morgan fingerprint density at radius 3 is 2.33 bits per heavy atom. The van der Waals surface area contributed by atoms with Crippen LogP contribution in [0.25, 0.3) is 0 Å². The van der Waals surface area contributed by atoms with Crippen LogP contribution in [0.1, 0.15) is 0 Å². The summed E-state index contributed by atoms with van der Waals surface area (Å²) in [5.74, 6) is 0. The highest BCUT2D eigenvalue weighted by molar-refractivity contribution is 6.35. The molecular formula is C9H5Cl3N4O2. The number of benzene rings is 1. The third-order valence-corrected chi connectivity index (χ3v) is 2.33. The zero-order chi connectivity index (χ0) is 13.1. The van der Waals surface area contributed by atoms with Gasteiger partial charge in [0, 0.05) is 15.7 Å². The van der Waals surface area contributed by atoms with Crippen LogP contribution in [0.3, 0.4) is 0 Å². The molecule has 6 nitrogen and oxygen atoms in total. The molecule has 18 heavy (non-hydrogen) atoms. The standard InChI is InChI=1S/C9H5Cl3N4O2/c10-4-1-5(11)3-6(2-4)13-8(17)15-9-14-7(12)16-18-9/h1-3H,(H2,13,14,15,16,17). The van der Waals surface area contributed by atoms with Crippen LogP contribution < -0.4 is 10.6 Å². The summed E-state index contributed by atoms with van der Waals surface area (Å²) in [7, 11) is 0. The Balaban J connectivity index is 2.02. The van der Waals surface area contributed by atoms with Crippen molar-refractivity contribution in [1.29, 1.82) is 0 Å². The third-order valence-electron chi connectivity index (χ3n) is 1.74. The molecule has 0 unspecified atom stereocenters. The van der Waals surface area contributed by atoms with Crippen LogP contribution >= 0.6 is 34.8 Å². The zero-order valence-corrected chi connectivity index (χ0v) is 10.8. The first-order valence-corrected chi connectivity index (χ1v) is 5.69. The van der Waals surface area contributed by atoms with E-state index in [-0.39, 0.29) is 11.3 Å². The molecule has 9 heteroatoms. The summed E-state index contributed by atoms with van der Waals surface area (Å²) in [6.45, 7) is 0. The van der Waals surface area contributed by atoms with E-state index in [1.807, 2.05) is 0 Å². The second-order valence-corrected chi connectivity index (χ2v) is 4.32. The average molecular weight is 308 g/mol. The molecule has 0 aliphatic rings. The summed E-state index contributed by atoms with van der Waals surface area (Å²) in [6.07, 6.45) is 0. The molecule has 2 aromatic rings. The van der Waals surface area contributed by atoms with E-state index < -0.39 is 6.03 Å². The molecule has 2 N–H and O–H groups in total. The highest BCUT2D eigenvalue weighted by Gasteiger charge is 2.09. The Morgan fingerprint density at radius 2 is 1.78 bits per heavy atom. The molecule has 2 rings (SSSR count). The van der Waals surface area contributed by atoms with Gasteiger partial charge >= 0.3 is 12.0 Å². The molecule has 0 saturated heterocycles. The van der Waals surface area contributed by atoms with Gasteiger partial charge in [0.2, 0.25) is 0 Å². The number of nitrogens with one attached hydrogen (secondary N) is 2. The molecule has 0 bridgehead atoms. The van der Waals surface area contributed by atoms with Gasteiger partial charge in [-0.15, -0.1) is 0 Å². The summed E-state index contributed by atoms with van der Waals surface area (Å²) in [5, 5.41) is 8.78. The fourth-order valence-corrected chi connectivity index (χ4v) is 1.78. The van der Waals surface area contributed by atoms with E-state index in [1.165, 1.54) is 12.1 Å². The number of urea groups is 1. The minimum absolute atomic E-state index is 0.101. The number of amides is 2. The topological polar surface area (TPSA) is 80.0 Å². The van der Waals surface area contributed by atoms with Crippen molar-refractivity contribution < 1.29 is 9.32 Å². The fraction of sp³-hybridized carbons (Fsp3) is 0. The van der Waals surface area contributed by atoms with Crippen molar-refractivity contribution in [3.05, 3.63) is 33.5 Å². The molecule has 1 heterocycles. The van der Waals surface area contributed by atoms with Crippen molar-refractivity contribution in [2.45, 2.75) is 0 Å². The van der Waals surface area contributed by atoms with Gasteiger partial charge in [-0.2, -0.15) is 4.98 Å². The van der Waals surface area contributed by atoms with E-state index in [1.54, 1.807) is 6.07 Å². The van der Waals surface area contributed by atoms with Crippen LogP contribution in [0.5, 0.6) is 0 Å². The van der Waals surface area contributed by atoms with E-state index in [0.29, 0.717) is 15.7 Å². The Bertz CT molecular complexity index is 567. The first-order chi connectivity index (χ1) is 8.52. The number of rotatable bonds is 2. The van der Waals surface area contributed by atoms with E-state index in [9.17, 15) is 4.79 Å².